The lowest BCUT2D eigenvalue weighted by Gasteiger charge is -2.40. The van der Waals surface area contributed by atoms with Gasteiger partial charge >= 0.3 is 11.5 Å². The van der Waals surface area contributed by atoms with Crippen LogP contribution in [0.25, 0.3) is 21.8 Å². The molecular weight excluding hydrogens is 1010 g/mol. The van der Waals surface area contributed by atoms with Crippen molar-refractivity contribution in [1.82, 2.24) is 80.3 Å². The van der Waals surface area contributed by atoms with Crippen LogP contribution in [0.2, 0.25) is 0 Å². The van der Waals surface area contributed by atoms with E-state index in [1.54, 1.807) is 31.6 Å². The summed E-state index contributed by atoms with van der Waals surface area (Å²) in [5, 5.41) is 25.8. The summed E-state index contributed by atoms with van der Waals surface area (Å²) >= 11 is 0. The van der Waals surface area contributed by atoms with Gasteiger partial charge in [-0.15, -0.1) is 10.2 Å². The Hall–Kier alpha value is -9.06. The molecule has 0 spiro atoms. The number of nitrogens with one attached hydrogen (secondary N) is 7. The zero-order valence-electron chi connectivity index (χ0n) is 43.6. The Labute approximate surface area is 449 Å². The molecule has 0 radical (unpaired) electrons. The van der Waals surface area contributed by atoms with E-state index in [1.807, 2.05) is 67.4 Å². The zero-order valence-corrected chi connectivity index (χ0v) is 43.6. The predicted octanol–water partition coefficient (Wildman–Crippen LogP) is 5.59. The largest absolute Gasteiger partial charge is 0.437 e. The minimum Gasteiger partial charge on any atom is -0.389 e. The molecule has 400 valence electrons. The van der Waals surface area contributed by atoms with E-state index in [2.05, 4.69) is 87.6 Å². The van der Waals surface area contributed by atoms with Crippen molar-refractivity contribution in [2.75, 3.05) is 20.1 Å². The van der Waals surface area contributed by atoms with Crippen LogP contribution in [0.5, 0.6) is 0 Å². The second kappa shape index (κ2) is 18.6. The summed E-state index contributed by atoms with van der Waals surface area (Å²) in [6, 6.07) is 13.9. The molecule has 5 atom stereocenters. The normalized spacial score (nSPS) is 23.0. The lowest BCUT2D eigenvalue weighted by molar-refractivity contribution is 0.278. The molecule has 5 aliphatic heterocycles. The summed E-state index contributed by atoms with van der Waals surface area (Å²) in [4.78, 5) is 60.2. The number of benzene rings is 2. The Kier molecular flexibility index (Phi) is 11.4. The first-order chi connectivity index (χ1) is 38.5. The number of aliphatic imine (C=N–C) groups is 2. The average Bonchev–Trinajstić information content (AvgIpc) is 3.58. The minimum atomic E-state index is -1.22. The minimum absolute atomic E-state index is 0.105. The van der Waals surface area contributed by atoms with Crippen LogP contribution in [-0.2, 0) is 50.5 Å². The molecule has 22 nitrogen and oxygen atoms in total. The molecule has 0 saturated heterocycles. The number of aryl methyl sites for hydroxylation is 3. The number of H-pyrrole nitrogens is 4. The van der Waals surface area contributed by atoms with Crippen molar-refractivity contribution in [1.29, 1.82) is 0 Å². The zero-order chi connectivity index (χ0) is 53.7. The number of hydrazine groups is 1. The van der Waals surface area contributed by atoms with Crippen LogP contribution in [0, 0.1) is 5.92 Å². The monoisotopic (exact) mass is 1060 g/mol. The Balaban J connectivity index is 0.771. The van der Waals surface area contributed by atoms with Gasteiger partial charge in [-0.2, -0.15) is 14.5 Å². The van der Waals surface area contributed by atoms with Crippen LogP contribution in [-0.4, -0.2) is 95.8 Å². The number of allylic oxidation sites excluding steroid dienone is 4. The van der Waals surface area contributed by atoms with E-state index in [1.165, 1.54) is 15.6 Å². The highest BCUT2D eigenvalue weighted by Crippen LogP contribution is 2.48. The predicted molar refractivity (Wildman–Crippen MR) is 291 cm³/mol. The number of hydrogen-bond donors (Lipinski definition) is 7. The molecule has 0 aliphatic carbocycles. The molecule has 7 N–H and O–H groups in total. The SMILES string of the molecule is CCn1cc(C2(c3nn(C)c(=O)o3)N[C@@H](c3ncc(C4=NCC(Cc5ccc6[nH]c7c(c6c5)C[C@H](c5ncc(C6=NC=C(F)CC=C6)[nH]5)NC7(C5=CN(C)NC5)c5nn(CC)c(=O)o5)C=C4)[nH]3)Cc3c2[nH]c2ccccc32)cn1. The molecule has 79 heavy (non-hydrogen) atoms. The van der Waals surface area contributed by atoms with E-state index in [0.29, 0.717) is 62.1 Å². The molecule has 5 aliphatic rings. The summed E-state index contributed by atoms with van der Waals surface area (Å²) in [7, 11) is 3.50. The maximum Gasteiger partial charge on any atom is 0.437 e. The van der Waals surface area contributed by atoms with Gasteiger partial charge in [0.1, 0.15) is 17.5 Å². The Morgan fingerprint density at radius 3 is 2.20 bits per heavy atom. The summed E-state index contributed by atoms with van der Waals surface area (Å²) in [5.41, 5.74) is 12.1. The number of nitrogens with zero attached hydrogens (tertiary/aromatic N) is 11. The van der Waals surface area contributed by atoms with E-state index in [9.17, 15) is 14.0 Å². The fourth-order valence-corrected chi connectivity index (χ4v) is 12.1. The number of hydrogen-bond acceptors (Lipinski definition) is 15. The van der Waals surface area contributed by atoms with Gasteiger partial charge < -0.3 is 33.8 Å². The molecule has 23 heteroatoms. The highest BCUT2D eigenvalue weighted by molar-refractivity contribution is 6.08. The van der Waals surface area contributed by atoms with Gasteiger partial charge in [-0.1, -0.05) is 36.4 Å². The summed E-state index contributed by atoms with van der Waals surface area (Å²) in [5.74, 6) is 0.379. The third kappa shape index (κ3) is 7.88. The van der Waals surface area contributed by atoms with Crippen LogP contribution < -0.4 is 27.6 Å². The molecule has 14 rings (SSSR count). The summed E-state index contributed by atoms with van der Waals surface area (Å²) in [6.45, 7) is 5.85. The van der Waals surface area contributed by atoms with Crippen molar-refractivity contribution in [2.24, 2.45) is 23.0 Å². The van der Waals surface area contributed by atoms with E-state index in [0.717, 1.165) is 78.8 Å². The van der Waals surface area contributed by atoms with Crippen LogP contribution in [0.4, 0.5) is 4.39 Å². The van der Waals surface area contributed by atoms with Crippen molar-refractivity contribution in [3.05, 3.63) is 205 Å². The second-order valence-electron chi connectivity index (χ2n) is 20.8. The maximum atomic E-state index is 14.2. The van der Waals surface area contributed by atoms with E-state index >= 15 is 0 Å². The van der Waals surface area contributed by atoms with Gasteiger partial charge in [-0.05, 0) is 85.7 Å². The van der Waals surface area contributed by atoms with Crippen LogP contribution in [0.15, 0.2) is 144 Å². The first-order valence-electron chi connectivity index (χ1n) is 26.5. The van der Waals surface area contributed by atoms with Crippen LogP contribution >= 0.6 is 0 Å². The third-order valence-electron chi connectivity index (χ3n) is 16.0. The van der Waals surface area contributed by atoms with Crippen molar-refractivity contribution in [3.63, 3.8) is 0 Å². The first kappa shape index (κ1) is 48.3. The van der Waals surface area contributed by atoms with Gasteiger partial charge in [-0.25, -0.2) is 29.4 Å². The van der Waals surface area contributed by atoms with Gasteiger partial charge in [0.05, 0.1) is 71.1 Å². The van der Waals surface area contributed by atoms with Gasteiger partial charge in [0.2, 0.25) is 11.8 Å². The highest BCUT2D eigenvalue weighted by atomic mass is 19.1. The molecular formula is C56H55FN18O4. The van der Waals surface area contributed by atoms with Crippen molar-refractivity contribution in [2.45, 2.75) is 75.8 Å². The van der Waals surface area contributed by atoms with Gasteiger partial charge in [0.15, 0.2) is 11.1 Å². The number of dihydropyridines is 1. The molecule has 3 unspecified atom stereocenters. The second-order valence-corrected chi connectivity index (χ2v) is 20.8. The molecule has 0 bridgehead atoms. The summed E-state index contributed by atoms with van der Waals surface area (Å²) in [6.07, 6.45) is 20.3. The van der Waals surface area contributed by atoms with Gasteiger partial charge in [0.25, 0.3) is 0 Å². The van der Waals surface area contributed by atoms with Crippen LogP contribution in [0.1, 0.15) is 101 Å². The number of aromatic nitrogens is 12. The first-order valence-corrected chi connectivity index (χ1v) is 26.5. The topological polar surface area (TPSA) is 267 Å². The summed E-state index contributed by atoms with van der Waals surface area (Å²) < 4.78 is 30.6. The van der Waals surface area contributed by atoms with Gasteiger partial charge in [0, 0.05) is 92.4 Å². The number of halogens is 1. The molecule has 9 aromatic rings. The van der Waals surface area contributed by atoms with Gasteiger partial charge in [-0.3, -0.25) is 25.3 Å². The number of fused-ring (bicyclic) bond motifs is 6. The van der Waals surface area contributed by atoms with E-state index in [-0.39, 0.29) is 36.0 Å². The average molecular weight is 1060 g/mol. The molecule has 0 saturated carbocycles. The molecule has 0 amide bonds. The standard InChI is InChI=1S/C56H55FN18O4/c1-5-74-29-33(24-63-74)56(51-70-73(4)53(76)78-51)47-37(35-11-7-8-12-39(35)64-47)20-43(69-56)49-61-27-46(67-49)42-17-15-31(22-58-42)18-30-14-16-40-36(19-30)38-21-44(50-60-26-45(66-50)41-13-9-10-34(57)25-59-41)68-55(48(38)65-40,32-23-62-72(3)28-32)52-71-75(6-2)54(77)79-52/h7-9,11-17,19,24-29,31,43-44,62,64-65,68-69H,5-6,10,18,20-23H2,1-4H3,(H,60,66)(H,61,67)/t31?,43-,44-,55?,56?/m1/s1. The number of rotatable bonds is 12. The number of imidazole rings is 2. The van der Waals surface area contributed by atoms with Crippen molar-refractivity contribution >= 4 is 33.2 Å². The number of para-hydroxylation sites is 1. The maximum absolute atomic E-state index is 14.2. The number of aromatic amines is 4. The fourth-order valence-electron chi connectivity index (χ4n) is 12.1. The van der Waals surface area contributed by atoms with E-state index in [4.69, 9.17) is 28.9 Å². The van der Waals surface area contributed by atoms with E-state index < -0.39 is 28.6 Å². The lowest BCUT2D eigenvalue weighted by Crippen LogP contribution is -2.52. The van der Waals surface area contributed by atoms with Crippen molar-refractivity contribution in [3.8, 4) is 0 Å². The molecule has 2 aromatic carbocycles. The van der Waals surface area contributed by atoms with Crippen LogP contribution in [0.3, 0.4) is 0 Å². The Bertz CT molecular complexity index is 4220. The third-order valence-corrected chi connectivity index (χ3v) is 16.0. The molecule has 12 heterocycles. The Morgan fingerprint density at radius 1 is 0.785 bits per heavy atom. The molecule has 7 aromatic heterocycles. The van der Waals surface area contributed by atoms with Crippen molar-refractivity contribution < 1.29 is 13.2 Å². The quantitative estimate of drug-likeness (QED) is 0.0788. The Morgan fingerprint density at radius 2 is 1.51 bits per heavy atom. The fraction of sp³-hybridized carbons (Fsp3) is 0.304. The lowest BCUT2D eigenvalue weighted by atomic mass is 9.78. The molecule has 0 fully saturated rings. The highest BCUT2D eigenvalue weighted by Gasteiger charge is 2.53. The smallest absolute Gasteiger partial charge is 0.389 e.